The summed E-state index contributed by atoms with van der Waals surface area (Å²) in [5.41, 5.74) is 0.998. The van der Waals surface area contributed by atoms with E-state index >= 15 is 0 Å². The molecule has 6 nitrogen and oxygen atoms in total. The van der Waals surface area contributed by atoms with Crippen LogP contribution in [0.3, 0.4) is 0 Å². The van der Waals surface area contributed by atoms with Crippen LogP contribution in [0.2, 0.25) is 0 Å². The lowest BCUT2D eigenvalue weighted by atomic mass is 10.2. The van der Waals surface area contributed by atoms with Gasteiger partial charge in [-0.1, -0.05) is 0 Å². The maximum atomic E-state index is 12.1. The van der Waals surface area contributed by atoms with Crippen LogP contribution in [0.25, 0.3) is 11.5 Å². The van der Waals surface area contributed by atoms with E-state index in [1.54, 1.807) is 13.0 Å². The summed E-state index contributed by atoms with van der Waals surface area (Å²) in [5, 5.41) is 3.23. The molecule has 1 aliphatic heterocycles. The molecule has 0 fully saturated rings. The summed E-state index contributed by atoms with van der Waals surface area (Å²) in [6.45, 7) is 4.31. The SMILES string of the molecule is CCOC(=O)c1nc2n(c1-c1ccc(Br)o1)CCNC2.Cl. The molecule has 0 saturated heterocycles. The van der Waals surface area contributed by atoms with Gasteiger partial charge >= 0.3 is 5.97 Å². The van der Waals surface area contributed by atoms with Crippen molar-refractivity contribution >= 4 is 34.3 Å². The summed E-state index contributed by atoms with van der Waals surface area (Å²) in [5.74, 6) is 1.01. The lowest BCUT2D eigenvalue weighted by molar-refractivity contribution is 0.0520. The molecule has 114 valence electrons. The molecule has 3 heterocycles. The van der Waals surface area contributed by atoms with Gasteiger partial charge in [0.05, 0.1) is 13.2 Å². The Bertz CT molecular complexity index is 653. The van der Waals surface area contributed by atoms with Crippen LogP contribution in [0, 0.1) is 0 Å². The van der Waals surface area contributed by atoms with Crippen molar-refractivity contribution in [2.75, 3.05) is 13.2 Å². The molecule has 0 bridgehead atoms. The van der Waals surface area contributed by atoms with Crippen LogP contribution in [-0.2, 0) is 17.8 Å². The first-order valence-corrected chi connectivity index (χ1v) is 7.23. The van der Waals surface area contributed by atoms with Crippen LogP contribution in [0.5, 0.6) is 0 Å². The fourth-order valence-electron chi connectivity index (χ4n) is 2.30. The maximum Gasteiger partial charge on any atom is 0.359 e. The Balaban J connectivity index is 0.00000161. The minimum absolute atomic E-state index is 0. The third-order valence-electron chi connectivity index (χ3n) is 3.12. The van der Waals surface area contributed by atoms with E-state index in [2.05, 4.69) is 26.2 Å². The monoisotopic (exact) mass is 375 g/mol. The van der Waals surface area contributed by atoms with Gasteiger partial charge in [-0.2, -0.15) is 0 Å². The first-order chi connectivity index (χ1) is 9.70. The van der Waals surface area contributed by atoms with Gasteiger partial charge in [-0.15, -0.1) is 12.4 Å². The van der Waals surface area contributed by atoms with Crippen LogP contribution >= 0.6 is 28.3 Å². The topological polar surface area (TPSA) is 69.3 Å². The molecule has 0 atom stereocenters. The van der Waals surface area contributed by atoms with Crippen molar-refractivity contribution in [1.29, 1.82) is 0 Å². The lowest BCUT2D eigenvalue weighted by Crippen LogP contribution is -2.28. The zero-order valence-electron chi connectivity index (χ0n) is 11.4. The zero-order chi connectivity index (χ0) is 14.1. The van der Waals surface area contributed by atoms with Gasteiger partial charge in [-0.05, 0) is 35.0 Å². The van der Waals surface area contributed by atoms with Gasteiger partial charge in [0.15, 0.2) is 16.1 Å². The Morgan fingerprint density at radius 3 is 3.05 bits per heavy atom. The highest BCUT2D eigenvalue weighted by Gasteiger charge is 2.27. The average molecular weight is 377 g/mol. The van der Waals surface area contributed by atoms with E-state index in [0.717, 1.165) is 18.9 Å². The minimum atomic E-state index is -0.420. The second-order valence-electron chi connectivity index (χ2n) is 4.38. The Labute approximate surface area is 136 Å². The molecule has 0 saturated carbocycles. The number of esters is 1. The summed E-state index contributed by atoms with van der Waals surface area (Å²) in [6.07, 6.45) is 0. The van der Waals surface area contributed by atoms with Crippen molar-refractivity contribution in [2.24, 2.45) is 0 Å². The largest absolute Gasteiger partial charge is 0.461 e. The molecule has 1 N–H and O–H groups in total. The highest BCUT2D eigenvalue weighted by atomic mass is 79.9. The molecule has 0 unspecified atom stereocenters. The number of hydrogen-bond acceptors (Lipinski definition) is 5. The third kappa shape index (κ3) is 3.00. The van der Waals surface area contributed by atoms with Crippen molar-refractivity contribution in [1.82, 2.24) is 14.9 Å². The molecule has 0 spiro atoms. The smallest absolute Gasteiger partial charge is 0.359 e. The second kappa shape index (κ2) is 6.64. The highest BCUT2D eigenvalue weighted by molar-refractivity contribution is 9.10. The Hall–Kier alpha value is -1.31. The number of halogens is 2. The van der Waals surface area contributed by atoms with E-state index in [-0.39, 0.29) is 12.4 Å². The van der Waals surface area contributed by atoms with Crippen LogP contribution in [0.15, 0.2) is 21.2 Å². The van der Waals surface area contributed by atoms with Gasteiger partial charge < -0.3 is 19.0 Å². The Morgan fingerprint density at radius 2 is 2.38 bits per heavy atom. The number of ether oxygens (including phenoxy) is 1. The number of carbonyl (C=O) groups is 1. The number of imidazole rings is 1. The van der Waals surface area contributed by atoms with E-state index in [4.69, 9.17) is 9.15 Å². The van der Waals surface area contributed by atoms with Crippen molar-refractivity contribution < 1.29 is 13.9 Å². The van der Waals surface area contributed by atoms with Crippen molar-refractivity contribution in [3.8, 4) is 11.5 Å². The number of nitrogens with one attached hydrogen (secondary N) is 1. The van der Waals surface area contributed by atoms with E-state index in [9.17, 15) is 4.79 Å². The number of hydrogen-bond donors (Lipinski definition) is 1. The molecule has 0 radical (unpaired) electrons. The average Bonchev–Trinajstić information content (AvgIpc) is 3.02. The quantitative estimate of drug-likeness (QED) is 0.834. The zero-order valence-corrected chi connectivity index (χ0v) is 13.8. The van der Waals surface area contributed by atoms with Crippen LogP contribution in [0.1, 0.15) is 23.2 Å². The summed E-state index contributed by atoms with van der Waals surface area (Å²) in [6, 6.07) is 3.62. The second-order valence-corrected chi connectivity index (χ2v) is 5.16. The summed E-state index contributed by atoms with van der Waals surface area (Å²) in [4.78, 5) is 16.5. The Kier molecular flexibility index (Phi) is 5.08. The number of fused-ring (bicyclic) bond motifs is 1. The molecular formula is C13H15BrClN3O3. The van der Waals surface area contributed by atoms with Crippen LogP contribution in [0.4, 0.5) is 0 Å². The van der Waals surface area contributed by atoms with Crippen LogP contribution in [-0.4, -0.2) is 28.7 Å². The molecule has 0 amide bonds. The van der Waals surface area contributed by atoms with Crippen molar-refractivity contribution in [3.05, 3.63) is 28.3 Å². The van der Waals surface area contributed by atoms with E-state index in [1.165, 1.54) is 0 Å². The van der Waals surface area contributed by atoms with E-state index in [1.807, 2.05) is 10.6 Å². The number of furan rings is 1. The van der Waals surface area contributed by atoms with Gasteiger partial charge in [0, 0.05) is 13.1 Å². The first kappa shape index (κ1) is 16.1. The first-order valence-electron chi connectivity index (χ1n) is 6.43. The van der Waals surface area contributed by atoms with Gasteiger partial charge in [0.1, 0.15) is 11.5 Å². The third-order valence-corrected chi connectivity index (χ3v) is 3.54. The number of rotatable bonds is 3. The number of aromatic nitrogens is 2. The summed E-state index contributed by atoms with van der Waals surface area (Å²) < 4.78 is 13.3. The standard InChI is InChI=1S/C13H14BrN3O3.ClH/c1-2-19-13(18)11-12(8-3-4-9(14)20-8)17-6-5-15-7-10(17)16-11;/h3-4,15H,2,5-7H2,1H3;1H. The lowest BCUT2D eigenvalue weighted by Gasteiger charge is -2.16. The minimum Gasteiger partial charge on any atom is -0.461 e. The summed E-state index contributed by atoms with van der Waals surface area (Å²) in [7, 11) is 0. The van der Waals surface area contributed by atoms with E-state index < -0.39 is 5.97 Å². The molecule has 0 aromatic carbocycles. The number of nitrogens with zero attached hydrogens (tertiary/aromatic N) is 2. The molecule has 2 aromatic rings. The predicted octanol–water partition coefficient (Wildman–Crippen LogP) is 2.61. The normalized spacial score (nSPS) is 13.4. The van der Waals surface area contributed by atoms with E-state index in [0.29, 0.717) is 35.0 Å². The molecule has 21 heavy (non-hydrogen) atoms. The van der Waals surface area contributed by atoms with Gasteiger partial charge in [0.2, 0.25) is 0 Å². The van der Waals surface area contributed by atoms with Crippen LogP contribution < -0.4 is 5.32 Å². The predicted molar refractivity (Wildman–Crippen MR) is 82.5 cm³/mol. The molecule has 3 rings (SSSR count). The Morgan fingerprint density at radius 1 is 1.57 bits per heavy atom. The summed E-state index contributed by atoms with van der Waals surface area (Å²) >= 11 is 3.28. The van der Waals surface area contributed by atoms with Gasteiger partial charge in [-0.25, -0.2) is 9.78 Å². The maximum absolute atomic E-state index is 12.1. The van der Waals surface area contributed by atoms with Crippen molar-refractivity contribution in [3.63, 3.8) is 0 Å². The molecule has 2 aromatic heterocycles. The van der Waals surface area contributed by atoms with Crippen molar-refractivity contribution in [2.45, 2.75) is 20.0 Å². The molecular weight excluding hydrogens is 362 g/mol. The highest BCUT2D eigenvalue weighted by Crippen LogP contribution is 2.30. The van der Waals surface area contributed by atoms with Gasteiger partial charge in [-0.3, -0.25) is 0 Å². The van der Waals surface area contributed by atoms with Gasteiger partial charge in [0.25, 0.3) is 0 Å². The fourth-order valence-corrected chi connectivity index (χ4v) is 2.61. The molecule has 0 aliphatic carbocycles. The fraction of sp³-hybridized carbons (Fsp3) is 0.385. The number of carbonyl (C=O) groups excluding carboxylic acids is 1. The molecule has 1 aliphatic rings. The molecule has 8 heteroatoms.